The van der Waals surface area contributed by atoms with E-state index in [0.29, 0.717) is 5.65 Å². The zero-order valence-corrected chi connectivity index (χ0v) is 19.1. The van der Waals surface area contributed by atoms with Crippen LogP contribution in [0.15, 0.2) is 61.2 Å². The van der Waals surface area contributed by atoms with Crippen molar-refractivity contribution in [1.82, 2.24) is 35.5 Å². The first-order chi connectivity index (χ1) is 16.7. The van der Waals surface area contributed by atoms with Crippen LogP contribution in [0.2, 0.25) is 0 Å². The molecule has 0 radical (unpaired) electrons. The van der Waals surface area contributed by atoms with Gasteiger partial charge in [-0.1, -0.05) is 6.92 Å². The Morgan fingerprint density at radius 1 is 0.971 bits per heavy atom. The summed E-state index contributed by atoms with van der Waals surface area (Å²) in [5.74, 6) is 0. The van der Waals surface area contributed by atoms with Crippen LogP contribution in [0.4, 0.5) is 4.39 Å². The summed E-state index contributed by atoms with van der Waals surface area (Å²) < 4.78 is 13.6. The first kappa shape index (κ1) is 20.6. The van der Waals surface area contributed by atoms with Gasteiger partial charge in [-0.3, -0.25) is 15.1 Å². The SMILES string of the molecule is CCNCc1cncc(-c2cnc3[nH]nc(-c4cc5c(-c6ccc(F)s6)nccc5[nH]4)c3c2)c1. The van der Waals surface area contributed by atoms with Crippen molar-refractivity contribution in [3.05, 3.63) is 71.9 Å². The number of rotatable bonds is 6. The average Bonchev–Trinajstić information content (AvgIpc) is 3.59. The number of nitrogens with zero attached hydrogens (tertiary/aromatic N) is 4. The quantitative estimate of drug-likeness (QED) is 0.298. The minimum absolute atomic E-state index is 0.231. The second kappa shape index (κ2) is 8.44. The van der Waals surface area contributed by atoms with Gasteiger partial charge in [0, 0.05) is 58.7 Å². The van der Waals surface area contributed by atoms with Crippen LogP contribution in [0.3, 0.4) is 0 Å². The Kier molecular flexibility index (Phi) is 5.12. The normalized spacial score (nSPS) is 11.6. The molecule has 0 amide bonds. The first-order valence-corrected chi connectivity index (χ1v) is 11.7. The molecule has 0 aliphatic rings. The van der Waals surface area contributed by atoms with Crippen LogP contribution in [0.25, 0.3) is 55.0 Å². The van der Waals surface area contributed by atoms with E-state index in [0.717, 1.165) is 79.4 Å². The lowest BCUT2D eigenvalue weighted by atomic mass is 10.1. The van der Waals surface area contributed by atoms with Crippen molar-refractivity contribution in [3.63, 3.8) is 0 Å². The standard InChI is InChI=1S/C25H20FN7S/c1-2-27-10-14-7-15(12-28-11-14)16-8-18-23(32-33-25(18)30-13-16)20-9-17-19(31-20)5-6-29-24(17)21-3-4-22(26)34-21/h3-9,11-13,27,31H,2,10H2,1H3,(H,30,32,33). The van der Waals surface area contributed by atoms with Crippen molar-refractivity contribution in [2.75, 3.05) is 6.54 Å². The van der Waals surface area contributed by atoms with Crippen molar-refractivity contribution in [2.24, 2.45) is 0 Å². The molecular weight excluding hydrogens is 449 g/mol. The molecule has 0 aliphatic carbocycles. The third-order valence-corrected chi connectivity index (χ3v) is 6.61. The number of H-pyrrole nitrogens is 2. The van der Waals surface area contributed by atoms with E-state index in [9.17, 15) is 4.39 Å². The predicted octanol–water partition coefficient (Wildman–Crippen LogP) is 5.54. The molecular formula is C25H20FN7S. The Morgan fingerprint density at radius 3 is 2.74 bits per heavy atom. The lowest BCUT2D eigenvalue weighted by molar-refractivity contribution is 0.657. The average molecular weight is 470 g/mol. The van der Waals surface area contributed by atoms with Crippen LogP contribution in [-0.4, -0.2) is 36.7 Å². The second-order valence-electron chi connectivity index (χ2n) is 7.96. The summed E-state index contributed by atoms with van der Waals surface area (Å²) in [7, 11) is 0. The summed E-state index contributed by atoms with van der Waals surface area (Å²) in [5, 5.41) is 12.5. The number of nitrogens with one attached hydrogen (secondary N) is 3. The van der Waals surface area contributed by atoms with Gasteiger partial charge >= 0.3 is 0 Å². The van der Waals surface area contributed by atoms with E-state index in [4.69, 9.17) is 0 Å². The fraction of sp³-hybridized carbons (Fsp3) is 0.120. The summed E-state index contributed by atoms with van der Waals surface area (Å²) in [5.41, 5.74) is 7.05. The van der Waals surface area contributed by atoms with Crippen molar-refractivity contribution in [3.8, 4) is 33.1 Å². The largest absolute Gasteiger partial charge is 0.353 e. The van der Waals surface area contributed by atoms with Gasteiger partial charge in [-0.2, -0.15) is 9.49 Å². The molecule has 0 unspecified atom stereocenters. The highest BCUT2D eigenvalue weighted by Gasteiger charge is 2.16. The Balaban J connectivity index is 1.44. The van der Waals surface area contributed by atoms with Gasteiger partial charge in [0.1, 0.15) is 5.69 Å². The Bertz CT molecular complexity index is 1630. The third-order valence-electron chi connectivity index (χ3n) is 5.73. The van der Waals surface area contributed by atoms with Gasteiger partial charge in [0.25, 0.3) is 0 Å². The highest BCUT2D eigenvalue weighted by molar-refractivity contribution is 7.13. The number of halogens is 1. The number of aromatic amines is 2. The molecule has 6 aromatic rings. The fourth-order valence-electron chi connectivity index (χ4n) is 4.10. The second-order valence-corrected chi connectivity index (χ2v) is 9.00. The molecule has 6 rings (SSSR count). The van der Waals surface area contributed by atoms with Crippen LogP contribution < -0.4 is 5.32 Å². The van der Waals surface area contributed by atoms with Gasteiger partial charge in [-0.25, -0.2) is 4.98 Å². The van der Waals surface area contributed by atoms with Crippen molar-refractivity contribution < 1.29 is 4.39 Å². The molecule has 0 saturated heterocycles. The summed E-state index contributed by atoms with van der Waals surface area (Å²) in [6, 6.07) is 11.3. The van der Waals surface area contributed by atoms with E-state index in [1.165, 1.54) is 6.07 Å². The molecule has 6 aromatic heterocycles. The molecule has 0 aromatic carbocycles. The zero-order chi connectivity index (χ0) is 23.1. The number of hydrogen-bond acceptors (Lipinski definition) is 6. The number of aromatic nitrogens is 6. The van der Waals surface area contributed by atoms with Crippen LogP contribution in [-0.2, 0) is 6.54 Å². The van der Waals surface area contributed by atoms with E-state index < -0.39 is 0 Å². The minimum Gasteiger partial charge on any atom is -0.353 e. The maximum absolute atomic E-state index is 13.6. The molecule has 0 fully saturated rings. The van der Waals surface area contributed by atoms with Gasteiger partial charge in [-0.05, 0) is 48.5 Å². The van der Waals surface area contributed by atoms with Crippen molar-refractivity contribution in [2.45, 2.75) is 13.5 Å². The number of hydrogen-bond donors (Lipinski definition) is 3. The number of pyridine rings is 3. The van der Waals surface area contributed by atoms with E-state index >= 15 is 0 Å². The molecule has 168 valence electrons. The molecule has 0 spiro atoms. The Labute approximate surface area is 198 Å². The third kappa shape index (κ3) is 3.64. The fourth-order valence-corrected chi connectivity index (χ4v) is 4.84. The lowest BCUT2D eigenvalue weighted by Gasteiger charge is -2.05. The summed E-state index contributed by atoms with van der Waals surface area (Å²) in [6.45, 7) is 3.75. The smallest absolute Gasteiger partial charge is 0.177 e. The highest BCUT2D eigenvalue weighted by atomic mass is 32.1. The minimum atomic E-state index is -0.231. The highest BCUT2D eigenvalue weighted by Crippen LogP contribution is 2.35. The summed E-state index contributed by atoms with van der Waals surface area (Å²) in [6.07, 6.45) is 7.28. The Hall–Kier alpha value is -3.95. The van der Waals surface area contributed by atoms with Gasteiger partial charge < -0.3 is 10.3 Å². The monoisotopic (exact) mass is 469 g/mol. The molecule has 3 N–H and O–H groups in total. The molecule has 0 aliphatic heterocycles. The Morgan fingerprint density at radius 2 is 1.88 bits per heavy atom. The maximum Gasteiger partial charge on any atom is 0.177 e. The van der Waals surface area contributed by atoms with E-state index in [1.807, 2.05) is 30.7 Å². The van der Waals surface area contributed by atoms with E-state index in [-0.39, 0.29) is 5.13 Å². The number of fused-ring (bicyclic) bond motifs is 2. The van der Waals surface area contributed by atoms with Crippen molar-refractivity contribution in [1.29, 1.82) is 0 Å². The number of thiophene rings is 1. The molecule has 0 atom stereocenters. The maximum atomic E-state index is 13.6. The molecule has 7 nitrogen and oxygen atoms in total. The first-order valence-electron chi connectivity index (χ1n) is 10.9. The molecule has 6 heterocycles. The van der Waals surface area contributed by atoms with E-state index in [2.05, 4.69) is 54.5 Å². The van der Waals surface area contributed by atoms with E-state index in [1.54, 1.807) is 12.3 Å². The zero-order valence-electron chi connectivity index (χ0n) is 18.3. The lowest BCUT2D eigenvalue weighted by Crippen LogP contribution is -2.11. The molecule has 34 heavy (non-hydrogen) atoms. The van der Waals surface area contributed by atoms with Crippen molar-refractivity contribution >= 4 is 33.3 Å². The van der Waals surface area contributed by atoms with Gasteiger partial charge in [0.2, 0.25) is 0 Å². The topological polar surface area (TPSA) is 95.2 Å². The van der Waals surface area contributed by atoms with Gasteiger partial charge in [0.05, 0.1) is 16.3 Å². The molecule has 9 heteroatoms. The summed E-state index contributed by atoms with van der Waals surface area (Å²) >= 11 is 1.09. The molecule has 0 saturated carbocycles. The van der Waals surface area contributed by atoms with Crippen LogP contribution >= 0.6 is 11.3 Å². The van der Waals surface area contributed by atoms with Crippen LogP contribution in [0.5, 0.6) is 0 Å². The van der Waals surface area contributed by atoms with Gasteiger partial charge in [0.15, 0.2) is 10.8 Å². The summed E-state index contributed by atoms with van der Waals surface area (Å²) in [4.78, 5) is 17.7. The van der Waals surface area contributed by atoms with Crippen LogP contribution in [0.1, 0.15) is 12.5 Å². The predicted molar refractivity (Wildman–Crippen MR) is 133 cm³/mol. The molecule has 0 bridgehead atoms. The van der Waals surface area contributed by atoms with Crippen LogP contribution in [0, 0.1) is 5.13 Å². The van der Waals surface area contributed by atoms with Gasteiger partial charge in [-0.15, -0.1) is 11.3 Å².